The van der Waals surface area contributed by atoms with Gasteiger partial charge >= 0.3 is 0 Å². The number of benzene rings is 1. The summed E-state index contributed by atoms with van der Waals surface area (Å²) in [7, 11) is -3.59. The summed E-state index contributed by atoms with van der Waals surface area (Å²) in [5.74, 6) is 0.255. The van der Waals surface area contributed by atoms with Crippen molar-refractivity contribution >= 4 is 15.7 Å². The Morgan fingerprint density at radius 3 is 2.55 bits per heavy atom. The summed E-state index contributed by atoms with van der Waals surface area (Å²) in [6.07, 6.45) is 1.81. The monoisotopic (exact) mass is 293 g/mol. The van der Waals surface area contributed by atoms with Crippen LogP contribution in [0.1, 0.15) is 32.3 Å². The quantitative estimate of drug-likeness (QED) is 0.840. The van der Waals surface area contributed by atoms with Gasteiger partial charge in [-0.05, 0) is 37.0 Å². The zero-order chi connectivity index (χ0) is 14.9. The maximum atomic E-state index is 12.7. The molecule has 1 aromatic carbocycles. The number of sulfonamides is 1. The van der Waals surface area contributed by atoms with E-state index < -0.39 is 10.0 Å². The summed E-state index contributed by atoms with van der Waals surface area (Å²) < 4.78 is 27.0. The van der Waals surface area contributed by atoms with Crippen molar-refractivity contribution in [2.24, 2.45) is 5.92 Å². The maximum Gasteiger partial charge on any atom is 0.245 e. The predicted octanol–water partition coefficient (Wildman–Crippen LogP) is 1.95. The molecule has 0 heterocycles. The molecule has 108 valence electrons. The molecule has 5 nitrogen and oxygen atoms in total. The zero-order valence-electron chi connectivity index (χ0n) is 11.7. The van der Waals surface area contributed by atoms with E-state index in [4.69, 9.17) is 11.0 Å². The largest absolute Gasteiger partial charge is 0.398 e. The Morgan fingerprint density at radius 2 is 2.10 bits per heavy atom. The molecule has 0 unspecified atom stereocenters. The number of hydrogen-bond donors (Lipinski definition) is 1. The molecular formula is C14H19N3O2S. The SMILES string of the molecule is CC(C)CN(C1CC1)S(=O)(=O)c1ccc(C#N)cc1N. The summed E-state index contributed by atoms with van der Waals surface area (Å²) in [6, 6.07) is 6.38. The molecule has 0 radical (unpaired) electrons. The van der Waals surface area contributed by atoms with Gasteiger partial charge in [0, 0.05) is 12.6 Å². The smallest absolute Gasteiger partial charge is 0.245 e. The average Bonchev–Trinajstić information content (AvgIpc) is 3.19. The third kappa shape index (κ3) is 2.94. The lowest BCUT2D eigenvalue weighted by Crippen LogP contribution is -2.36. The molecule has 1 aliphatic rings. The summed E-state index contributed by atoms with van der Waals surface area (Å²) in [5, 5.41) is 8.82. The first-order valence-electron chi connectivity index (χ1n) is 6.67. The van der Waals surface area contributed by atoms with Crippen molar-refractivity contribution in [3.63, 3.8) is 0 Å². The van der Waals surface area contributed by atoms with Gasteiger partial charge in [0.25, 0.3) is 0 Å². The highest BCUT2D eigenvalue weighted by atomic mass is 32.2. The molecule has 20 heavy (non-hydrogen) atoms. The molecule has 0 aliphatic heterocycles. The number of nitriles is 1. The van der Waals surface area contributed by atoms with Gasteiger partial charge < -0.3 is 5.73 Å². The first-order chi connectivity index (χ1) is 9.36. The summed E-state index contributed by atoms with van der Waals surface area (Å²) >= 11 is 0. The van der Waals surface area contributed by atoms with Gasteiger partial charge in [-0.15, -0.1) is 0 Å². The topological polar surface area (TPSA) is 87.2 Å². The lowest BCUT2D eigenvalue weighted by molar-refractivity contribution is 0.360. The van der Waals surface area contributed by atoms with Crippen LogP contribution in [0.3, 0.4) is 0 Å². The fourth-order valence-electron chi connectivity index (χ4n) is 2.15. The fraction of sp³-hybridized carbons (Fsp3) is 0.500. The third-order valence-electron chi connectivity index (χ3n) is 3.22. The number of rotatable bonds is 5. The molecule has 1 aromatic rings. The van der Waals surface area contributed by atoms with Crippen LogP contribution in [0, 0.1) is 17.2 Å². The first kappa shape index (κ1) is 14.8. The lowest BCUT2D eigenvalue weighted by atomic mass is 10.2. The highest BCUT2D eigenvalue weighted by Gasteiger charge is 2.38. The van der Waals surface area contributed by atoms with Crippen molar-refractivity contribution in [1.82, 2.24) is 4.31 Å². The van der Waals surface area contributed by atoms with Gasteiger partial charge in [0.2, 0.25) is 10.0 Å². The summed E-state index contributed by atoms with van der Waals surface area (Å²) in [4.78, 5) is 0.101. The van der Waals surface area contributed by atoms with Crippen LogP contribution in [0.2, 0.25) is 0 Å². The molecule has 0 atom stereocenters. The van der Waals surface area contributed by atoms with Crippen LogP contribution in [-0.4, -0.2) is 25.3 Å². The van der Waals surface area contributed by atoms with E-state index in [1.165, 1.54) is 18.2 Å². The van der Waals surface area contributed by atoms with Gasteiger partial charge in [0.1, 0.15) is 4.90 Å². The fourth-order valence-corrected chi connectivity index (χ4v) is 4.09. The minimum atomic E-state index is -3.59. The predicted molar refractivity (Wildman–Crippen MR) is 77.3 cm³/mol. The first-order valence-corrected chi connectivity index (χ1v) is 8.11. The van der Waals surface area contributed by atoms with E-state index in [1.807, 2.05) is 19.9 Å². The van der Waals surface area contributed by atoms with Crippen LogP contribution in [0.5, 0.6) is 0 Å². The average molecular weight is 293 g/mol. The molecule has 2 N–H and O–H groups in total. The Bertz CT molecular complexity index is 643. The van der Waals surface area contributed by atoms with E-state index in [1.54, 1.807) is 4.31 Å². The highest BCUT2D eigenvalue weighted by Crippen LogP contribution is 2.34. The van der Waals surface area contributed by atoms with Gasteiger partial charge in [-0.25, -0.2) is 8.42 Å². The molecule has 0 bridgehead atoms. The van der Waals surface area contributed by atoms with Crippen LogP contribution >= 0.6 is 0 Å². The Kier molecular flexibility index (Phi) is 4.02. The van der Waals surface area contributed by atoms with E-state index in [0.29, 0.717) is 12.1 Å². The van der Waals surface area contributed by atoms with Gasteiger partial charge in [-0.2, -0.15) is 9.57 Å². The Hall–Kier alpha value is -1.58. The van der Waals surface area contributed by atoms with Crippen molar-refractivity contribution in [3.05, 3.63) is 23.8 Å². The second-order valence-electron chi connectivity index (χ2n) is 5.56. The third-order valence-corrected chi connectivity index (χ3v) is 5.22. The minimum Gasteiger partial charge on any atom is -0.398 e. The molecule has 0 aromatic heterocycles. The van der Waals surface area contributed by atoms with Crippen LogP contribution in [0.25, 0.3) is 0 Å². The van der Waals surface area contributed by atoms with Crippen LogP contribution in [-0.2, 0) is 10.0 Å². The minimum absolute atomic E-state index is 0.0949. The standard InChI is InChI=1S/C14H19N3O2S/c1-10(2)9-17(12-4-5-12)20(18,19)14-6-3-11(8-15)7-13(14)16/h3,6-7,10,12H,4-5,9,16H2,1-2H3. The number of anilines is 1. The molecule has 1 aliphatic carbocycles. The van der Waals surface area contributed by atoms with E-state index in [9.17, 15) is 8.42 Å². The Labute approximate surface area is 120 Å². The molecule has 1 fully saturated rings. The van der Waals surface area contributed by atoms with Crippen molar-refractivity contribution in [3.8, 4) is 6.07 Å². The molecule has 0 spiro atoms. The second kappa shape index (κ2) is 5.43. The van der Waals surface area contributed by atoms with Crippen molar-refractivity contribution in [1.29, 1.82) is 5.26 Å². The van der Waals surface area contributed by atoms with E-state index in [0.717, 1.165) is 12.8 Å². The Balaban J connectivity index is 2.40. The second-order valence-corrected chi connectivity index (χ2v) is 7.42. The summed E-state index contributed by atoms with van der Waals surface area (Å²) in [5.41, 5.74) is 6.32. The van der Waals surface area contributed by atoms with Crippen LogP contribution < -0.4 is 5.73 Å². The molecule has 6 heteroatoms. The number of hydrogen-bond acceptors (Lipinski definition) is 4. The normalized spacial score (nSPS) is 15.6. The number of nitrogens with zero attached hydrogens (tertiary/aromatic N) is 2. The van der Waals surface area contributed by atoms with Crippen molar-refractivity contribution in [2.75, 3.05) is 12.3 Å². The highest BCUT2D eigenvalue weighted by molar-refractivity contribution is 7.89. The molecule has 0 amide bonds. The molecule has 0 saturated heterocycles. The summed E-state index contributed by atoms with van der Waals surface area (Å²) in [6.45, 7) is 4.48. The molecule has 1 saturated carbocycles. The Morgan fingerprint density at radius 1 is 1.45 bits per heavy atom. The van der Waals surface area contributed by atoms with E-state index in [-0.39, 0.29) is 22.5 Å². The lowest BCUT2D eigenvalue weighted by Gasteiger charge is -2.24. The van der Waals surface area contributed by atoms with Gasteiger partial charge in [0.05, 0.1) is 17.3 Å². The van der Waals surface area contributed by atoms with E-state index >= 15 is 0 Å². The van der Waals surface area contributed by atoms with Crippen LogP contribution in [0.15, 0.2) is 23.1 Å². The molecular weight excluding hydrogens is 274 g/mol. The number of nitrogen functional groups attached to an aromatic ring is 1. The zero-order valence-corrected chi connectivity index (χ0v) is 12.5. The van der Waals surface area contributed by atoms with Crippen LogP contribution in [0.4, 0.5) is 5.69 Å². The van der Waals surface area contributed by atoms with Crippen molar-refractivity contribution in [2.45, 2.75) is 37.6 Å². The van der Waals surface area contributed by atoms with Gasteiger partial charge in [-0.3, -0.25) is 0 Å². The van der Waals surface area contributed by atoms with E-state index in [2.05, 4.69) is 0 Å². The van der Waals surface area contributed by atoms with Gasteiger partial charge in [-0.1, -0.05) is 13.8 Å². The van der Waals surface area contributed by atoms with Crippen molar-refractivity contribution < 1.29 is 8.42 Å². The number of nitrogens with two attached hydrogens (primary N) is 1. The maximum absolute atomic E-state index is 12.7. The van der Waals surface area contributed by atoms with Gasteiger partial charge in [0.15, 0.2) is 0 Å². The molecule has 2 rings (SSSR count).